The van der Waals surface area contributed by atoms with Crippen molar-refractivity contribution in [3.8, 4) is 0 Å². The summed E-state index contributed by atoms with van der Waals surface area (Å²) in [6.07, 6.45) is 10.4. The second-order valence-electron chi connectivity index (χ2n) is 4.36. The van der Waals surface area contributed by atoms with Crippen LogP contribution < -0.4 is 0 Å². The van der Waals surface area contributed by atoms with Crippen molar-refractivity contribution in [2.45, 2.75) is 52.4 Å². The van der Waals surface area contributed by atoms with Gasteiger partial charge in [0.1, 0.15) is 0 Å². The molecule has 13 heavy (non-hydrogen) atoms. The summed E-state index contributed by atoms with van der Waals surface area (Å²) < 4.78 is 0. The van der Waals surface area contributed by atoms with Crippen LogP contribution in [0.2, 0.25) is 0 Å². The van der Waals surface area contributed by atoms with Crippen molar-refractivity contribution in [3.05, 3.63) is 23.8 Å². The van der Waals surface area contributed by atoms with Crippen LogP contribution in [-0.2, 0) is 0 Å². The minimum atomic E-state index is 0.938. The van der Waals surface area contributed by atoms with Crippen LogP contribution in [0.5, 0.6) is 0 Å². The van der Waals surface area contributed by atoms with E-state index in [-0.39, 0.29) is 0 Å². The number of rotatable bonds is 4. The molecule has 1 saturated carbocycles. The second kappa shape index (κ2) is 5.26. The Bertz CT molecular complexity index is 192. The van der Waals surface area contributed by atoms with E-state index in [1.807, 2.05) is 0 Å². The molecule has 74 valence electrons. The van der Waals surface area contributed by atoms with E-state index in [0.29, 0.717) is 0 Å². The molecular weight excluding hydrogens is 156 g/mol. The zero-order valence-electron chi connectivity index (χ0n) is 9.10. The van der Waals surface area contributed by atoms with Gasteiger partial charge in [-0.2, -0.15) is 0 Å². The third kappa shape index (κ3) is 3.80. The van der Waals surface area contributed by atoms with E-state index in [1.165, 1.54) is 43.3 Å². The van der Waals surface area contributed by atoms with Gasteiger partial charge >= 0.3 is 0 Å². The van der Waals surface area contributed by atoms with Crippen LogP contribution in [0.25, 0.3) is 0 Å². The Kier molecular flexibility index (Phi) is 4.27. The van der Waals surface area contributed by atoms with Crippen molar-refractivity contribution in [2.24, 2.45) is 5.92 Å². The fourth-order valence-electron chi connectivity index (χ4n) is 2.09. The van der Waals surface area contributed by atoms with Crippen LogP contribution in [0, 0.1) is 5.92 Å². The fourth-order valence-corrected chi connectivity index (χ4v) is 2.09. The highest BCUT2D eigenvalue weighted by atomic mass is 14.2. The number of allylic oxidation sites excluding steroid dienone is 3. The molecule has 0 spiro atoms. The van der Waals surface area contributed by atoms with E-state index in [4.69, 9.17) is 0 Å². The van der Waals surface area contributed by atoms with E-state index in [0.717, 1.165) is 12.3 Å². The summed E-state index contributed by atoms with van der Waals surface area (Å²) in [5.74, 6) is 0.938. The highest BCUT2D eigenvalue weighted by molar-refractivity contribution is 5.19. The average Bonchev–Trinajstić information content (AvgIpc) is 2.56. The molecule has 1 aliphatic carbocycles. The Balaban J connectivity index is 2.32. The van der Waals surface area contributed by atoms with Crippen LogP contribution in [-0.4, -0.2) is 0 Å². The third-order valence-corrected chi connectivity index (χ3v) is 3.03. The maximum absolute atomic E-state index is 4.13. The normalized spacial score (nSPS) is 19.4. The quantitative estimate of drug-likeness (QED) is 0.557. The Morgan fingerprint density at radius 2 is 2.00 bits per heavy atom. The lowest BCUT2D eigenvalue weighted by Crippen LogP contribution is -1.93. The van der Waals surface area contributed by atoms with Crippen molar-refractivity contribution in [3.63, 3.8) is 0 Å². The lowest BCUT2D eigenvalue weighted by molar-refractivity contribution is 0.549. The van der Waals surface area contributed by atoms with Crippen LogP contribution in [0.4, 0.5) is 0 Å². The monoisotopic (exact) mass is 178 g/mol. The molecule has 0 heterocycles. The number of hydrogen-bond donors (Lipinski definition) is 0. The maximum Gasteiger partial charge on any atom is -0.0256 e. The molecule has 0 unspecified atom stereocenters. The van der Waals surface area contributed by atoms with Crippen LogP contribution in [0.1, 0.15) is 52.4 Å². The van der Waals surface area contributed by atoms with Gasteiger partial charge in [0.15, 0.2) is 0 Å². The van der Waals surface area contributed by atoms with E-state index in [1.54, 1.807) is 0 Å². The summed E-state index contributed by atoms with van der Waals surface area (Å²) in [6.45, 7) is 8.53. The van der Waals surface area contributed by atoms with Crippen molar-refractivity contribution in [1.82, 2.24) is 0 Å². The van der Waals surface area contributed by atoms with Gasteiger partial charge in [0.05, 0.1) is 0 Å². The lowest BCUT2D eigenvalue weighted by Gasteiger charge is -2.08. The first-order chi connectivity index (χ1) is 6.22. The molecule has 0 aromatic heterocycles. The summed E-state index contributed by atoms with van der Waals surface area (Å²) in [4.78, 5) is 0. The predicted octanol–water partition coefficient (Wildman–Crippen LogP) is 4.48. The van der Waals surface area contributed by atoms with Crippen LogP contribution in [0.15, 0.2) is 23.8 Å². The zero-order valence-corrected chi connectivity index (χ0v) is 9.10. The first kappa shape index (κ1) is 10.6. The first-order valence-corrected chi connectivity index (χ1v) is 5.57. The highest BCUT2D eigenvalue weighted by Gasteiger charge is 2.14. The molecule has 0 bridgehead atoms. The summed E-state index contributed by atoms with van der Waals surface area (Å²) in [6, 6.07) is 0. The molecule has 0 nitrogen and oxygen atoms in total. The topological polar surface area (TPSA) is 0 Å². The molecule has 0 N–H and O–H groups in total. The second-order valence-corrected chi connectivity index (χ2v) is 4.36. The van der Waals surface area contributed by atoms with Crippen molar-refractivity contribution >= 4 is 0 Å². The lowest BCUT2D eigenvalue weighted by atomic mass is 9.97. The molecule has 0 saturated heterocycles. The minimum absolute atomic E-state index is 0.938. The van der Waals surface area contributed by atoms with E-state index < -0.39 is 0 Å². The van der Waals surface area contributed by atoms with E-state index in [2.05, 4.69) is 26.5 Å². The van der Waals surface area contributed by atoms with Crippen LogP contribution in [0.3, 0.4) is 0 Å². The standard InChI is InChI=1S/C13H22/c1-4-11(2)9-12(3)10-13-7-5-6-8-13/h9,13H,3-8,10H2,1-2H3/b11-9+. The third-order valence-electron chi connectivity index (χ3n) is 3.03. The molecule has 0 atom stereocenters. The average molecular weight is 178 g/mol. The van der Waals surface area contributed by atoms with Gasteiger partial charge in [0.2, 0.25) is 0 Å². The molecule has 1 aliphatic rings. The summed E-state index contributed by atoms with van der Waals surface area (Å²) in [5.41, 5.74) is 2.80. The molecule has 1 rings (SSSR count). The van der Waals surface area contributed by atoms with Gasteiger partial charge in [-0.15, -0.1) is 0 Å². The molecule has 0 aromatic carbocycles. The van der Waals surface area contributed by atoms with Gasteiger partial charge in [0, 0.05) is 0 Å². The zero-order chi connectivity index (χ0) is 9.68. The molecule has 0 aliphatic heterocycles. The summed E-state index contributed by atoms with van der Waals surface area (Å²) >= 11 is 0. The smallest absolute Gasteiger partial charge is 0.0256 e. The van der Waals surface area contributed by atoms with Gasteiger partial charge in [-0.05, 0) is 25.7 Å². The number of hydrogen-bond acceptors (Lipinski definition) is 0. The van der Waals surface area contributed by atoms with Crippen LogP contribution >= 0.6 is 0 Å². The SMILES string of the molecule is C=C(/C=C(\C)CC)CC1CCCC1. The van der Waals surface area contributed by atoms with E-state index in [9.17, 15) is 0 Å². The molecular formula is C13H22. The first-order valence-electron chi connectivity index (χ1n) is 5.57. The summed E-state index contributed by atoms with van der Waals surface area (Å²) in [5, 5.41) is 0. The van der Waals surface area contributed by atoms with Crippen molar-refractivity contribution in [2.75, 3.05) is 0 Å². The van der Waals surface area contributed by atoms with Gasteiger partial charge in [-0.3, -0.25) is 0 Å². The Morgan fingerprint density at radius 3 is 2.54 bits per heavy atom. The van der Waals surface area contributed by atoms with Gasteiger partial charge in [-0.1, -0.05) is 56.4 Å². The molecule has 0 amide bonds. The highest BCUT2D eigenvalue weighted by Crippen LogP contribution is 2.30. The molecule has 1 fully saturated rings. The largest absolute Gasteiger partial charge is 0.0958 e. The maximum atomic E-state index is 4.13. The summed E-state index contributed by atoms with van der Waals surface area (Å²) in [7, 11) is 0. The molecule has 0 aromatic rings. The molecule has 0 heteroatoms. The minimum Gasteiger partial charge on any atom is -0.0958 e. The van der Waals surface area contributed by atoms with Gasteiger partial charge < -0.3 is 0 Å². The Labute approximate surface area is 82.7 Å². The van der Waals surface area contributed by atoms with Crippen molar-refractivity contribution < 1.29 is 0 Å². The van der Waals surface area contributed by atoms with Gasteiger partial charge in [0.25, 0.3) is 0 Å². The Hall–Kier alpha value is -0.520. The molecule has 0 radical (unpaired) electrons. The fraction of sp³-hybridized carbons (Fsp3) is 0.692. The van der Waals surface area contributed by atoms with Crippen molar-refractivity contribution in [1.29, 1.82) is 0 Å². The Morgan fingerprint density at radius 1 is 1.38 bits per heavy atom. The van der Waals surface area contributed by atoms with E-state index >= 15 is 0 Å². The predicted molar refractivity (Wildman–Crippen MR) is 59.8 cm³/mol. The van der Waals surface area contributed by atoms with Gasteiger partial charge in [-0.25, -0.2) is 0 Å².